The largest absolute Gasteiger partial charge is 0.496 e. The highest BCUT2D eigenvalue weighted by atomic mass is 16.5. The summed E-state index contributed by atoms with van der Waals surface area (Å²) in [5, 5.41) is 11.9. The third-order valence-corrected chi connectivity index (χ3v) is 3.48. The Bertz CT molecular complexity index is 437. The number of urea groups is 1. The summed E-state index contributed by atoms with van der Waals surface area (Å²) in [6.07, 6.45) is 0. The Morgan fingerprint density at radius 1 is 1.40 bits per heavy atom. The molecule has 0 aromatic heterocycles. The Morgan fingerprint density at radius 2 is 2.05 bits per heavy atom. The topological polar surface area (TPSA) is 61.8 Å². The van der Waals surface area contributed by atoms with Gasteiger partial charge in [0.25, 0.3) is 0 Å². The van der Waals surface area contributed by atoms with Gasteiger partial charge in [-0.1, -0.05) is 25.1 Å². The van der Waals surface area contributed by atoms with Crippen LogP contribution >= 0.6 is 0 Å². The monoisotopic (exact) mass is 280 g/mol. The smallest absolute Gasteiger partial charge is 0.317 e. The maximum absolute atomic E-state index is 11.9. The number of amides is 2. The van der Waals surface area contributed by atoms with Crippen LogP contribution in [0.3, 0.4) is 0 Å². The van der Waals surface area contributed by atoms with Crippen LogP contribution < -0.4 is 10.1 Å². The molecule has 0 fully saturated rings. The molecule has 0 saturated carbocycles. The van der Waals surface area contributed by atoms with Crippen molar-refractivity contribution in [3.63, 3.8) is 0 Å². The van der Waals surface area contributed by atoms with E-state index in [0.29, 0.717) is 6.54 Å². The number of para-hydroxylation sites is 1. The molecular weight excluding hydrogens is 256 g/mol. The molecule has 0 spiro atoms. The lowest BCUT2D eigenvalue weighted by molar-refractivity contribution is 0.157. The van der Waals surface area contributed by atoms with Crippen molar-refractivity contribution in [1.29, 1.82) is 0 Å². The number of methoxy groups -OCH3 is 1. The number of nitrogens with one attached hydrogen (secondary N) is 1. The van der Waals surface area contributed by atoms with Gasteiger partial charge in [0.1, 0.15) is 5.75 Å². The van der Waals surface area contributed by atoms with Crippen molar-refractivity contribution in [2.45, 2.75) is 25.8 Å². The summed E-state index contributed by atoms with van der Waals surface area (Å²) in [4.78, 5) is 13.4. The van der Waals surface area contributed by atoms with Crippen LogP contribution in [0.5, 0.6) is 5.75 Å². The lowest BCUT2D eigenvalue weighted by Crippen LogP contribution is -2.44. The Morgan fingerprint density at radius 3 is 2.65 bits per heavy atom. The van der Waals surface area contributed by atoms with Gasteiger partial charge in [0.2, 0.25) is 0 Å². The maximum atomic E-state index is 11.9. The average molecular weight is 280 g/mol. The molecule has 5 heteroatoms. The van der Waals surface area contributed by atoms with E-state index in [0.717, 1.165) is 11.3 Å². The lowest BCUT2D eigenvalue weighted by Gasteiger charge is -2.24. The molecule has 2 unspecified atom stereocenters. The van der Waals surface area contributed by atoms with Gasteiger partial charge >= 0.3 is 6.03 Å². The summed E-state index contributed by atoms with van der Waals surface area (Å²) in [7, 11) is 3.31. The number of aliphatic hydroxyl groups is 1. The molecule has 2 N–H and O–H groups in total. The van der Waals surface area contributed by atoms with Gasteiger partial charge in [0.05, 0.1) is 19.8 Å². The van der Waals surface area contributed by atoms with Gasteiger partial charge in [0.15, 0.2) is 0 Å². The molecule has 0 aliphatic carbocycles. The van der Waals surface area contributed by atoms with Gasteiger partial charge in [-0.25, -0.2) is 4.79 Å². The minimum absolute atomic E-state index is 0.0496. The number of benzene rings is 1. The summed E-state index contributed by atoms with van der Waals surface area (Å²) in [6.45, 7) is 4.30. The summed E-state index contributed by atoms with van der Waals surface area (Å²) in [6, 6.07) is 7.40. The molecule has 1 rings (SSSR count). The van der Waals surface area contributed by atoms with E-state index in [-0.39, 0.29) is 24.6 Å². The standard InChI is InChI=1S/C15H24N2O3/c1-11(13-7-5-6-8-14(13)20-4)9-16-15(19)17(3)12(2)10-18/h5-8,11-12,18H,9-10H2,1-4H3,(H,16,19). The number of carbonyl (C=O) groups is 1. The average Bonchev–Trinajstić information content (AvgIpc) is 2.50. The Labute approximate surface area is 120 Å². The molecule has 0 saturated heterocycles. The molecule has 0 heterocycles. The quantitative estimate of drug-likeness (QED) is 0.835. The van der Waals surface area contributed by atoms with E-state index in [2.05, 4.69) is 5.32 Å². The molecule has 1 aromatic carbocycles. The van der Waals surface area contributed by atoms with Gasteiger partial charge < -0.3 is 20.1 Å². The van der Waals surface area contributed by atoms with Crippen LogP contribution in [-0.4, -0.2) is 49.4 Å². The number of likely N-dealkylation sites (N-methyl/N-ethyl adjacent to an activating group) is 1. The Hall–Kier alpha value is -1.75. The van der Waals surface area contributed by atoms with Crippen LogP contribution in [0.25, 0.3) is 0 Å². The van der Waals surface area contributed by atoms with Crippen molar-refractivity contribution in [2.24, 2.45) is 0 Å². The van der Waals surface area contributed by atoms with Crippen LogP contribution in [-0.2, 0) is 0 Å². The predicted molar refractivity (Wildman–Crippen MR) is 79.1 cm³/mol. The molecule has 112 valence electrons. The molecule has 0 aliphatic rings. The van der Waals surface area contributed by atoms with Crippen LogP contribution in [0.2, 0.25) is 0 Å². The number of hydrogen-bond donors (Lipinski definition) is 2. The fourth-order valence-electron chi connectivity index (χ4n) is 1.87. The highest BCUT2D eigenvalue weighted by Crippen LogP contribution is 2.25. The van der Waals surface area contributed by atoms with Gasteiger partial charge in [-0.05, 0) is 18.6 Å². The molecule has 0 bridgehead atoms. The minimum Gasteiger partial charge on any atom is -0.496 e. The number of hydrogen-bond acceptors (Lipinski definition) is 3. The molecule has 0 radical (unpaired) electrons. The van der Waals surface area contributed by atoms with Gasteiger partial charge in [-0.2, -0.15) is 0 Å². The van der Waals surface area contributed by atoms with E-state index < -0.39 is 0 Å². The summed E-state index contributed by atoms with van der Waals surface area (Å²) in [5.74, 6) is 0.972. The van der Waals surface area contributed by atoms with Crippen LogP contribution in [0.4, 0.5) is 4.79 Å². The number of nitrogens with zero attached hydrogens (tertiary/aromatic N) is 1. The van der Waals surface area contributed by atoms with Crippen molar-refractivity contribution in [3.8, 4) is 5.75 Å². The van der Waals surface area contributed by atoms with E-state index in [9.17, 15) is 4.79 Å². The van der Waals surface area contributed by atoms with Crippen LogP contribution in [0, 0.1) is 0 Å². The molecule has 20 heavy (non-hydrogen) atoms. The zero-order chi connectivity index (χ0) is 15.1. The number of carbonyl (C=O) groups excluding carboxylic acids is 1. The fourth-order valence-corrected chi connectivity index (χ4v) is 1.87. The normalized spacial score (nSPS) is 13.4. The molecule has 2 amide bonds. The maximum Gasteiger partial charge on any atom is 0.317 e. The SMILES string of the molecule is COc1ccccc1C(C)CNC(=O)N(C)C(C)CO. The summed E-state index contributed by atoms with van der Waals surface area (Å²) in [5.41, 5.74) is 1.06. The predicted octanol–water partition coefficient (Wildman–Crippen LogP) is 1.82. The second kappa shape index (κ2) is 7.75. The van der Waals surface area contributed by atoms with E-state index in [1.54, 1.807) is 21.1 Å². The summed E-state index contributed by atoms with van der Waals surface area (Å²) < 4.78 is 5.32. The lowest BCUT2D eigenvalue weighted by atomic mass is 10.0. The number of aliphatic hydroxyl groups excluding tert-OH is 1. The Balaban J connectivity index is 2.59. The van der Waals surface area contributed by atoms with Crippen molar-refractivity contribution >= 4 is 6.03 Å². The van der Waals surface area contributed by atoms with Gasteiger partial charge in [0, 0.05) is 19.5 Å². The van der Waals surface area contributed by atoms with E-state index in [4.69, 9.17) is 9.84 Å². The van der Waals surface area contributed by atoms with E-state index in [1.807, 2.05) is 31.2 Å². The zero-order valence-corrected chi connectivity index (χ0v) is 12.6. The molecule has 0 aliphatic heterocycles. The van der Waals surface area contributed by atoms with Crippen molar-refractivity contribution in [3.05, 3.63) is 29.8 Å². The first-order valence-electron chi connectivity index (χ1n) is 6.75. The van der Waals surface area contributed by atoms with E-state index in [1.165, 1.54) is 4.90 Å². The molecule has 1 aromatic rings. The number of ether oxygens (including phenoxy) is 1. The molecule has 2 atom stereocenters. The fraction of sp³-hybridized carbons (Fsp3) is 0.533. The minimum atomic E-state index is -0.198. The Kier molecular flexibility index (Phi) is 6.31. The van der Waals surface area contributed by atoms with Crippen LogP contribution in [0.15, 0.2) is 24.3 Å². The second-order valence-electron chi connectivity index (χ2n) is 4.97. The zero-order valence-electron chi connectivity index (χ0n) is 12.6. The number of rotatable bonds is 6. The van der Waals surface area contributed by atoms with Crippen molar-refractivity contribution in [2.75, 3.05) is 27.3 Å². The second-order valence-corrected chi connectivity index (χ2v) is 4.97. The third kappa shape index (κ3) is 4.13. The first-order valence-corrected chi connectivity index (χ1v) is 6.75. The first kappa shape index (κ1) is 16.3. The van der Waals surface area contributed by atoms with Crippen molar-refractivity contribution in [1.82, 2.24) is 10.2 Å². The van der Waals surface area contributed by atoms with Crippen molar-refractivity contribution < 1.29 is 14.6 Å². The molecular formula is C15H24N2O3. The first-order chi connectivity index (χ1) is 9.51. The summed E-state index contributed by atoms with van der Waals surface area (Å²) >= 11 is 0. The highest BCUT2D eigenvalue weighted by Gasteiger charge is 2.16. The van der Waals surface area contributed by atoms with Gasteiger partial charge in [-0.3, -0.25) is 0 Å². The van der Waals surface area contributed by atoms with E-state index >= 15 is 0 Å². The highest BCUT2D eigenvalue weighted by molar-refractivity contribution is 5.74. The van der Waals surface area contributed by atoms with Crippen LogP contribution in [0.1, 0.15) is 25.3 Å². The third-order valence-electron chi connectivity index (χ3n) is 3.48. The molecule has 5 nitrogen and oxygen atoms in total. The van der Waals surface area contributed by atoms with Gasteiger partial charge in [-0.15, -0.1) is 0 Å².